The van der Waals surface area contributed by atoms with Crippen molar-refractivity contribution in [3.8, 4) is 0 Å². The van der Waals surface area contributed by atoms with Crippen LogP contribution < -0.4 is 20.9 Å². The third kappa shape index (κ3) is 13.4. The summed E-state index contributed by atoms with van der Waals surface area (Å²) in [6.07, 6.45) is -38.3. The number of nitrogens with one attached hydrogen (secondary N) is 3. The molecule has 6 rings (SSSR count). The molecule has 6 aromatic rings. The van der Waals surface area contributed by atoms with Gasteiger partial charge in [-0.2, -0.15) is 79.0 Å². The molecule has 0 spiro atoms. The standard InChI is InChI=1S/C25H14BrF11N2O2.C24H12BrF11N2O2/c1-39(21(41)12-6-3-2-4-7-12)17-9-5-8-14(18(17)27)20(40)38-19-15(23(29,30)31)10-13(11-16(19)26)22(28,24(32,33)34)25(35,36)37;25-15-10-12(21(27,23(31,32)33)24(34,35)36)9-14(22(28,29)30)18(15)38-20(40)13-7-4-8-16(17(13)26)37-19(39)11-5-2-1-3-6-11/h2-11H,1H3,(H,38,40);1-10H,(H,37,39)(H,38,40). The highest BCUT2D eigenvalue weighted by molar-refractivity contribution is 9.11. The molecule has 0 unspecified atom stereocenters. The van der Waals surface area contributed by atoms with E-state index in [1.807, 2.05) is 0 Å². The van der Waals surface area contributed by atoms with E-state index in [-0.39, 0.29) is 23.3 Å². The summed E-state index contributed by atoms with van der Waals surface area (Å²) in [4.78, 5) is 51.2. The maximum atomic E-state index is 15.3. The lowest BCUT2D eigenvalue weighted by Crippen LogP contribution is -2.50. The fourth-order valence-electron chi connectivity index (χ4n) is 7.08. The number of carbonyl (C=O) groups is 4. The fraction of sp³-hybridized carbons (Fsp3) is 0.184. The van der Waals surface area contributed by atoms with Crippen LogP contribution in [0.1, 0.15) is 63.7 Å². The maximum Gasteiger partial charge on any atom is 0.435 e. The average molecular weight is 1310 g/mol. The van der Waals surface area contributed by atoms with E-state index in [4.69, 9.17) is 0 Å². The zero-order valence-corrected chi connectivity index (χ0v) is 42.4. The number of benzene rings is 6. The molecule has 0 aliphatic heterocycles. The molecule has 81 heavy (non-hydrogen) atoms. The molecule has 8 nitrogen and oxygen atoms in total. The van der Waals surface area contributed by atoms with Gasteiger partial charge in [0.1, 0.15) is 0 Å². The summed E-state index contributed by atoms with van der Waals surface area (Å²) in [5.74, 6) is -7.63. The smallest absolute Gasteiger partial charge is 0.320 e. The van der Waals surface area contributed by atoms with Crippen LogP contribution in [0.15, 0.2) is 130 Å². The Labute approximate surface area is 455 Å². The maximum absolute atomic E-state index is 15.3. The molecule has 0 bridgehead atoms. The minimum Gasteiger partial charge on any atom is -0.320 e. The number of nitrogens with zero attached hydrogens (tertiary/aromatic N) is 1. The fourth-order valence-corrected chi connectivity index (χ4v) is 8.19. The second-order valence-electron chi connectivity index (χ2n) is 16.3. The van der Waals surface area contributed by atoms with Crippen molar-refractivity contribution in [3.05, 3.63) is 186 Å². The second-order valence-corrected chi connectivity index (χ2v) is 18.0. The Kier molecular flexibility index (Phi) is 18.5. The van der Waals surface area contributed by atoms with Crippen molar-refractivity contribution in [3.63, 3.8) is 0 Å². The van der Waals surface area contributed by atoms with Crippen molar-refractivity contribution in [1.29, 1.82) is 0 Å². The van der Waals surface area contributed by atoms with Crippen LogP contribution in [0, 0.1) is 11.6 Å². The molecule has 0 heterocycles. The molecule has 0 atom stereocenters. The molecular weight excluding hydrogens is 1290 g/mol. The Morgan fingerprint density at radius 1 is 0.420 bits per heavy atom. The Morgan fingerprint density at radius 2 is 0.778 bits per heavy atom. The van der Waals surface area contributed by atoms with E-state index in [0.717, 1.165) is 48.3 Å². The lowest BCUT2D eigenvalue weighted by molar-refractivity contribution is -0.349. The van der Waals surface area contributed by atoms with Crippen molar-refractivity contribution in [2.45, 2.75) is 48.4 Å². The Balaban J connectivity index is 0.000000297. The van der Waals surface area contributed by atoms with Gasteiger partial charge in [0, 0.05) is 38.2 Å². The third-order valence-electron chi connectivity index (χ3n) is 11.1. The minimum absolute atomic E-state index is 0.0808. The van der Waals surface area contributed by atoms with Crippen LogP contribution in [0.5, 0.6) is 0 Å². The third-order valence-corrected chi connectivity index (χ3v) is 12.3. The van der Waals surface area contributed by atoms with Crippen LogP contribution in [-0.2, 0) is 23.7 Å². The topological polar surface area (TPSA) is 108 Å². The molecule has 32 heteroatoms. The number of anilines is 4. The number of alkyl halides is 20. The summed E-state index contributed by atoms with van der Waals surface area (Å²) in [5, 5.41) is 5.31. The molecular formula is C49H26Br2F22N4O4. The molecule has 0 saturated heterocycles. The van der Waals surface area contributed by atoms with Crippen molar-refractivity contribution in [1.82, 2.24) is 0 Å². The van der Waals surface area contributed by atoms with Gasteiger partial charge in [0.15, 0.2) is 11.6 Å². The Bertz CT molecular complexity index is 3320. The molecule has 0 fully saturated rings. The first-order valence-corrected chi connectivity index (χ1v) is 23.0. The number of hydrogen-bond acceptors (Lipinski definition) is 4. The van der Waals surface area contributed by atoms with Crippen molar-refractivity contribution in [2.24, 2.45) is 0 Å². The summed E-state index contributed by atoms with van der Waals surface area (Å²) in [6, 6.07) is 18.5. The van der Waals surface area contributed by atoms with Gasteiger partial charge in [0.25, 0.3) is 23.6 Å². The Morgan fingerprint density at radius 3 is 1.15 bits per heavy atom. The van der Waals surface area contributed by atoms with Crippen LogP contribution in [0.4, 0.5) is 119 Å². The Hall–Kier alpha value is -7.38. The zero-order valence-electron chi connectivity index (χ0n) is 39.2. The van der Waals surface area contributed by atoms with Crippen LogP contribution in [0.3, 0.4) is 0 Å². The molecule has 434 valence electrons. The summed E-state index contributed by atoms with van der Waals surface area (Å²) in [7, 11) is 1.14. The van der Waals surface area contributed by atoms with Crippen molar-refractivity contribution >= 4 is 78.2 Å². The number of carbonyl (C=O) groups excluding carboxylic acids is 4. The summed E-state index contributed by atoms with van der Waals surface area (Å²) in [6.45, 7) is 0. The normalized spacial score (nSPS) is 12.7. The first-order valence-electron chi connectivity index (χ1n) is 21.4. The predicted octanol–water partition coefficient (Wildman–Crippen LogP) is 16.8. The summed E-state index contributed by atoms with van der Waals surface area (Å²) < 4.78 is 297. The average Bonchev–Trinajstić information content (AvgIpc) is 3.36. The number of amides is 4. The molecule has 0 saturated carbocycles. The first-order chi connectivity index (χ1) is 37.0. The van der Waals surface area contributed by atoms with Gasteiger partial charge in [-0.3, -0.25) is 19.2 Å². The van der Waals surface area contributed by atoms with Crippen LogP contribution in [0.2, 0.25) is 0 Å². The summed E-state index contributed by atoms with van der Waals surface area (Å²) >= 11 is 4.70. The van der Waals surface area contributed by atoms with Gasteiger partial charge in [0.05, 0.1) is 45.0 Å². The number of rotatable bonds is 10. The number of hydrogen-bond donors (Lipinski definition) is 3. The van der Waals surface area contributed by atoms with Gasteiger partial charge < -0.3 is 20.9 Å². The minimum atomic E-state index is -6.72. The lowest BCUT2D eigenvalue weighted by atomic mass is 9.92. The van der Waals surface area contributed by atoms with Gasteiger partial charge in [-0.25, -0.2) is 17.6 Å². The van der Waals surface area contributed by atoms with Gasteiger partial charge in [-0.15, -0.1) is 0 Å². The predicted molar refractivity (Wildman–Crippen MR) is 250 cm³/mol. The molecule has 0 aromatic heterocycles. The zero-order chi connectivity index (χ0) is 61.4. The SMILES string of the molecule is CN(C(=O)c1ccccc1)c1cccc(C(=O)Nc2c(Br)cc(C(F)(C(F)(F)F)C(F)(F)F)cc2C(F)(F)F)c1F.O=C(Nc1cccc(C(=O)Nc2c(Br)cc(C(F)(C(F)(F)F)C(F)(F)F)cc2C(F)(F)F)c1F)c1ccccc1. The number of halogens is 24. The highest BCUT2D eigenvalue weighted by Crippen LogP contribution is 2.57. The largest absolute Gasteiger partial charge is 0.435 e. The molecule has 3 N–H and O–H groups in total. The quantitative estimate of drug-likeness (QED) is 0.119. The van der Waals surface area contributed by atoms with Gasteiger partial charge in [-0.1, -0.05) is 48.5 Å². The van der Waals surface area contributed by atoms with E-state index in [9.17, 15) is 107 Å². The molecule has 4 amide bonds. The van der Waals surface area contributed by atoms with Gasteiger partial charge >= 0.3 is 48.4 Å². The molecule has 0 radical (unpaired) electrons. The molecule has 0 aliphatic carbocycles. The van der Waals surface area contributed by atoms with Crippen molar-refractivity contribution in [2.75, 3.05) is 27.9 Å². The van der Waals surface area contributed by atoms with E-state index < -0.39 is 161 Å². The van der Waals surface area contributed by atoms with E-state index in [0.29, 0.717) is 0 Å². The molecule has 0 aliphatic rings. The molecule has 6 aromatic carbocycles. The van der Waals surface area contributed by atoms with E-state index in [1.54, 1.807) is 22.8 Å². The highest BCUT2D eigenvalue weighted by atomic mass is 79.9. The summed E-state index contributed by atoms with van der Waals surface area (Å²) in [5.41, 5.74) is -27.6. The van der Waals surface area contributed by atoms with Gasteiger partial charge in [0.2, 0.25) is 0 Å². The first kappa shape index (κ1) is 64.4. The monoisotopic (exact) mass is 1310 g/mol. The van der Waals surface area contributed by atoms with Crippen LogP contribution >= 0.6 is 31.9 Å². The second kappa shape index (κ2) is 23.2. The van der Waals surface area contributed by atoms with E-state index in [2.05, 4.69) is 37.2 Å². The van der Waals surface area contributed by atoms with E-state index in [1.165, 1.54) is 48.5 Å². The highest BCUT2D eigenvalue weighted by Gasteiger charge is 2.75. The lowest BCUT2D eigenvalue weighted by Gasteiger charge is -2.31. The van der Waals surface area contributed by atoms with E-state index >= 15 is 8.78 Å². The van der Waals surface area contributed by atoms with Crippen LogP contribution in [-0.4, -0.2) is 55.4 Å². The van der Waals surface area contributed by atoms with Gasteiger partial charge in [-0.05, 0) is 105 Å². The van der Waals surface area contributed by atoms with Crippen LogP contribution in [0.25, 0.3) is 0 Å². The van der Waals surface area contributed by atoms with Crippen molar-refractivity contribution < 1.29 is 116 Å².